The quantitative estimate of drug-likeness (QED) is 0.540. The number of anilines is 1. The molecule has 1 aliphatic rings. The fourth-order valence-corrected chi connectivity index (χ4v) is 4.89. The molecule has 1 N–H and O–H groups in total. The van der Waals surface area contributed by atoms with E-state index in [1.54, 1.807) is 0 Å². The number of aromatic amines is 1. The number of para-hydroxylation sites is 1. The lowest BCUT2D eigenvalue weighted by molar-refractivity contribution is 0.788. The summed E-state index contributed by atoms with van der Waals surface area (Å²) in [5.74, 6) is 0.691. The summed E-state index contributed by atoms with van der Waals surface area (Å²) in [6, 6.07) is 16.0. The van der Waals surface area contributed by atoms with Crippen molar-refractivity contribution in [2.45, 2.75) is 13.0 Å². The summed E-state index contributed by atoms with van der Waals surface area (Å²) < 4.78 is 0. The van der Waals surface area contributed by atoms with Gasteiger partial charge < -0.3 is 9.88 Å². The molecular formula is C21H16ClN3OS. The Bertz CT molecular complexity index is 1210. The van der Waals surface area contributed by atoms with E-state index in [4.69, 9.17) is 16.6 Å². The number of hydrogen-bond acceptors (Lipinski definition) is 4. The maximum absolute atomic E-state index is 12.8. The molecular weight excluding hydrogens is 378 g/mol. The highest BCUT2D eigenvalue weighted by atomic mass is 35.5. The molecule has 2 aromatic carbocycles. The molecule has 0 bridgehead atoms. The lowest BCUT2D eigenvalue weighted by atomic mass is 10.1. The van der Waals surface area contributed by atoms with E-state index in [1.165, 1.54) is 22.6 Å². The highest BCUT2D eigenvalue weighted by Gasteiger charge is 2.20. The first kappa shape index (κ1) is 16.5. The Labute approximate surface area is 165 Å². The fourth-order valence-electron chi connectivity index (χ4n) is 3.70. The van der Waals surface area contributed by atoms with Crippen LogP contribution in [-0.2, 0) is 13.0 Å². The minimum atomic E-state index is -0.112. The predicted molar refractivity (Wildman–Crippen MR) is 112 cm³/mol. The highest BCUT2D eigenvalue weighted by Crippen LogP contribution is 2.35. The van der Waals surface area contributed by atoms with E-state index in [0.29, 0.717) is 22.8 Å². The molecule has 0 saturated carbocycles. The number of fused-ring (bicyclic) bond motifs is 2. The van der Waals surface area contributed by atoms with Crippen LogP contribution in [0, 0.1) is 0 Å². The van der Waals surface area contributed by atoms with Gasteiger partial charge in [0, 0.05) is 33.8 Å². The van der Waals surface area contributed by atoms with Crippen molar-refractivity contribution in [2.75, 3.05) is 11.4 Å². The number of halogens is 1. The van der Waals surface area contributed by atoms with Gasteiger partial charge in [-0.3, -0.25) is 4.79 Å². The third kappa shape index (κ3) is 2.83. The van der Waals surface area contributed by atoms with Crippen LogP contribution in [-0.4, -0.2) is 16.5 Å². The second-order valence-electron chi connectivity index (χ2n) is 6.62. The second-order valence-corrected chi connectivity index (χ2v) is 7.89. The topological polar surface area (TPSA) is 49.0 Å². The predicted octanol–water partition coefficient (Wildman–Crippen LogP) is 4.87. The number of benzene rings is 2. The molecule has 0 amide bonds. The molecule has 6 heteroatoms. The summed E-state index contributed by atoms with van der Waals surface area (Å²) in [5, 5.41) is 3.20. The molecule has 27 heavy (non-hydrogen) atoms. The average Bonchev–Trinajstić information content (AvgIpc) is 3.27. The molecule has 0 atom stereocenters. The molecule has 0 fully saturated rings. The maximum atomic E-state index is 12.8. The molecule has 2 aromatic heterocycles. The van der Waals surface area contributed by atoms with E-state index in [1.807, 2.05) is 35.7 Å². The minimum Gasteiger partial charge on any atom is -0.364 e. The van der Waals surface area contributed by atoms with Gasteiger partial charge in [-0.05, 0) is 24.1 Å². The lowest BCUT2D eigenvalue weighted by Gasteiger charge is -2.18. The van der Waals surface area contributed by atoms with E-state index in [-0.39, 0.29) is 5.56 Å². The summed E-state index contributed by atoms with van der Waals surface area (Å²) in [7, 11) is 0. The van der Waals surface area contributed by atoms with Crippen molar-refractivity contribution in [1.29, 1.82) is 0 Å². The Morgan fingerprint density at radius 2 is 1.93 bits per heavy atom. The molecule has 3 heterocycles. The average molecular weight is 394 g/mol. The van der Waals surface area contributed by atoms with Crippen LogP contribution in [0.2, 0.25) is 5.02 Å². The van der Waals surface area contributed by atoms with Crippen LogP contribution in [0.3, 0.4) is 0 Å². The van der Waals surface area contributed by atoms with E-state index in [0.717, 1.165) is 28.9 Å². The fraction of sp³-hybridized carbons (Fsp3) is 0.143. The smallest absolute Gasteiger partial charge is 0.260 e. The molecule has 4 nitrogen and oxygen atoms in total. The van der Waals surface area contributed by atoms with Gasteiger partial charge >= 0.3 is 0 Å². The van der Waals surface area contributed by atoms with Gasteiger partial charge in [0.25, 0.3) is 5.56 Å². The van der Waals surface area contributed by atoms with E-state index in [2.05, 4.69) is 28.1 Å². The number of rotatable bonds is 3. The Kier molecular flexibility index (Phi) is 3.99. The summed E-state index contributed by atoms with van der Waals surface area (Å²) in [6.45, 7) is 1.54. The molecule has 0 spiro atoms. The van der Waals surface area contributed by atoms with Crippen molar-refractivity contribution >= 4 is 38.8 Å². The number of aromatic nitrogens is 2. The van der Waals surface area contributed by atoms with Crippen LogP contribution in [0.25, 0.3) is 21.3 Å². The molecule has 1 aliphatic heterocycles. The van der Waals surface area contributed by atoms with E-state index >= 15 is 0 Å². The largest absolute Gasteiger partial charge is 0.364 e. The Balaban J connectivity index is 1.54. The van der Waals surface area contributed by atoms with Crippen molar-refractivity contribution < 1.29 is 0 Å². The maximum Gasteiger partial charge on any atom is 0.260 e. The second kappa shape index (κ2) is 6.51. The number of H-pyrrole nitrogens is 1. The number of nitrogens with zero attached hydrogens (tertiary/aromatic N) is 2. The lowest BCUT2D eigenvalue weighted by Crippen LogP contribution is -2.23. The van der Waals surface area contributed by atoms with Gasteiger partial charge in [-0.15, -0.1) is 11.3 Å². The Hall–Kier alpha value is -2.63. The molecule has 0 unspecified atom stereocenters. The van der Waals surface area contributed by atoms with Gasteiger partial charge in [0.05, 0.1) is 11.9 Å². The zero-order valence-corrected chi connectivity index (χ0v) is 16.0. The summed E-state index contributed by atoms with van der Waals surface area (Å²) >= 11 is 7.81. The van der Waals surface area contributed by atoms with Crippen LogP contribution in [0.15, 0.2) is 58.7 Å². The van der Waals surface area contributed by atoms with Gasteiger partial charge in [-0.1, -0.05) is 48.0 Å². The van der Waals surface area contributed by atoms with E-state index in [9.17, 15) is 4.79 Å². The van der Waals surface area contributed by atoms with Crippen LogP contribution < -0.4 is 10.5 Å². The number of nitrogens with one attached hydrogen (secondary N) is 1. The molecule has 0 saturated heterocycles. The van der Waals surface area contributed by atoms with Gasteiger partial charge in [0.2, 0.25) is 0 Å². The molecule has 0 aliphatic carbocycles. The normalized spacial score (nSPS) is 13.3. The highest BCUT2D eigenvalue weighted by molar-refractivity contribution is 7.17. The zero-order valence-electron chi connectivity index (χ0n) is 14.4. The number of thiophene rings is 1. The van der Waals surface area contributed by atoms with Gasteiger partial charge in [-0.2, -0.15) is 0 Å². The SMILES string of the molecule is O=c1[nH]c(CN2CCc3ccccc32)nc2scc(-c3ccccc3Cl)c12. The van der Waals surface area contributed by atoms with Gasteiger partial charge in [0.1, 0.15) is 10.7 Å². The number of hydrogen-bond donors (Lipinski definition) is 1. The first-order valence-corrected chi connectivity index (χ1v) is 10.0. The monoisotopic (exact) mass is 393 g/mol. The minimum absolute atomic E-state index is 0.112. The zero-order chi connectivity index (χ0) is 18.4. The van der Waals surface area contributed by atoms with Crippen LogP contribution in [0.4, 0.5) is 5.69 Å². The summed E-state index contributed by atoms with van der Waals surface area (Å²) in [4.78, 5) is 23.6. The third-order valence-electron chi connectivity index (χ3n) is 4.98. The molecule has 0 radical (unpaired) electrons. The summed E-state index contributed by atoms with van der Waals surface area (Å²) in [6.07, 6.45) is 1.03. The van der Waals surface area contributed by atoms with E-state index < -0.39 is 0 Å². The first-order valence-electron chi connectivity index (χ1n) is 8.79. The van der Waals surface area contributed by atoms with Crippen molar-refractivity contribution in [3.8, 4) is 11.1 Å². The van der Waals surface area contributed by atoms with Crippen molar-refractivity contribution in [3.05, 3.63) is 80.7 Å². The third-order valence-corrected chi connectivity index (χ3v) is 6.18. The van der Waals surface area contributed by atoms with Crippen molar-refractivity contribution in [3.63, 3.8) is 0 Å². The van der Waals surface area contributed by atoms with Gasteiger partial charge in [0.15, 0.2) is 0 Å². The van der Waals surface area contributed by atoms with Crippen LogP contribution >= 0.6 is 22.9 Å². The van der Waals surface area contributed by atoms with Crippen LogP contribution in [0.1, 0.15) is 11.4 Å². The molecule has 5 rings (SSSR count). The van der Waals surface area contributed by atoms with Crippen molar-refractivity contribution in [2.24, 2.45) is 0 Å². The van der Waals surface area contributed by atoms with Crippen molar-refractivity contribution in [1.82, 2.24) is 9.97 Å². The first-order chi connectivity index (χ1) is 13.2. The Morgan fingerprint density at radius 3 is 2.81 bits per heavy atom. The Morgan fingerprint density at radius 1 is 1.11 bits per heavy atom. The summed E-state index contributed by atoms with van der Waals surface area (Å²) in [5.41, 5.74) is 4.16. The molecule has 4 aromatic rings. The van der Waals surface area contributed by atoms with Gasteiger partial charge in [-0.25, -0.2) is 4.98 Å². The standard InChI is InChI=1S/C21H16ClN3OS/c22-16-7-3-2-6-14(16)15-12-27-21-19(15)20(26)23-18(24-21)11-25-10-9-13-5-1-4-8-17(13)25/h1-8,12H,9-11H2,(H,23,24,26). The van der Waals surface area contributed by atoms with Crippen LogP contribution in [0.5, 0.6) is 0 Å². The molecule has 134 valence electrons.